The summed E-state index contributed by atoms with van der Waals surface area (Å²) in [6.45, 7) is 2.40. The minimum absolute atomic E-state index is 0.0288. The van der Waals surface area contributed by atoms with Gasteiger partial charge in [-0.2, -0.15) is 0 Å². The molecule has 3 rings (SSSR count). The zero-order chi connectivity index (χ0) is 18.7. The molecule has 1 aliphatic carbocycles. The highest BCUT2D eigenvalue weighted by molar-refractivity contribution is 5.99. The van der Waals surface area contributed by atoms with Gasteiger partial charge in [-0.25, -0.2) is 0 Å². The zero-order valence-corrected chi connectivity index (χ0v) is 15.0. The van der Waals surface area contributed by atoms with Gasteiger partial charge in [0.1, 0.15) is 5.56 Å². The van der Waals surface area contributed by atoms with Crippen molar-refractivity contribution in [2.45, 2.75) is 32.4 Å². The van der Waals surface area contributed by atoms with E-state index in [1.807, 2.05) is 30.3 Å². The number of carbonyl (C=O) groups excluding carboxylic acids is 2. The topological polar surface area (TPSA) is 80.2 Å². The van der Waals surface area contributed by atoms with Gasteiger partial charge in [0, 0.05) is 19.3 Å². The maximum Gasteiger partial charge on any atom is 0.263 e. The largest absolute Gasteiger partial charge is 0.355 e. The first-order valence-corrected chi connectivity index (χ1v) is 8.84. The highest BCUT2D eigenvalue weighted by Crippen LogP contribution is 2.33. The molecule has 2 atom stereocenters. The number of hydrogen-bond donors (Lipinski definition) is 2. The molecule has 136 valence electrons. The predicted molar refractivity (Wildman–Crippen MR) is 99.3 cm³/mol. The van der Waals surface area contributed by atoms with Gasteiger partial charge in [0.2, 0.25) is 0 Å². The van der Waals surface area contributed by atoms with Gasteiger partial charge in [-0.3, -0.25) is 14.4 Å². The summed E-state index contributed by atoms with van der Waals surface area (Å²) in [5.41, 5.74) is 0.797. The normalized spacial score (nSPS) is 18.2. The summed E-state index contributed by atoms with van der Waals surface area (Å²) in [6, 6.07) is 11.0. The zero-order valence-electron chi connectivity index (χ0n) is 15.0. The molecule has 6 heteroatoms. The van der Waals surface area contributed by atoms with E-state index in [0.29, 0.717) is 18.0 Å². The van der Waals surface area contributed by atoms with Crippen LogP contribution in [-0.2, 0) is 6.54 Å². The standard InChI is InChI=1S/C20H23N3O3/c1-3-14-10-17(14)22-18(24)15-9-16(19(25)21-2)20(26)23(12-15)11-13-7-5-4-6-8-13/h4-9,12,14,17H,3,10-11H2,1-2H3,(H,21,25)(H,22,24)/t14?,17-/m0/s1. The molecule has 1 unspecified atom stereocenters. The molecular weight excluding hydrogens is 330 g/mol. The Kier molecular flexibility index (Phi) is 5.21. The molecule has 1 saturated carbocycles. The van der Waals surface area contributed by atoms with Gasteiger partial charge in [-0.05, 0) is 24.0 Å². The average molecular weight is 353 g/mol. The number of aromatic nitrogens is 1. The van der Waals surface area contributed by atoms with Crippen LogP contribution in [0.3, 0.4) is 0 Å². The fraction of sp³-hybridized carbons (Fsp3) is 0.350. The van der Waals surface area contributed by atoms with E-state index >= 15 is 0 Å². The Hall–Kier alpha value is -2.89. The van der Waals surface area contributed by atoms with E-state index in [4.69, 9.17) is 0 Å². The number of nitrogens with zero attached hydrogens (tertiary/aromatic N) is 1. The van der Waals surface area contributed by atoms with Crippen molar-refractivity contribution in [3.8, 4) is 0 Å². The van der Waals surface area contributed by atoms with Crippen molar-refractivity contribution in [3.05, 3.63) is 69.6 Å². The fourth-order valence-corrected chi connectivity index (χ4v) is 3.08. The smallest absolute Gasteiger partial charge is 0.263 e. The molecule has 0 spiro atoms. The van der Waals surface area contributed by atoms with Crippen LogP contribution in [0.5, 0.6) is 0 Å². The van der Waals surface area contributed by atoms with Gasteiger partial charge in [0.25, 0.3) is 17.4 Å². The molecule has 0 bridgehead atoms. The molecule has 0 saturated heterocycles. The van der Waals surface area contributed by atoms with Crippen LogP contribution in [0.1, 0.15) is 46.0 Å². The molecule has 0 aliphatic heterocycles. The highest BCUT2D eigenvalue weighted by Gasteiger charge is 2.36. The first-order chi connectivity index (χ1) is 12.5. The summed E-state index contributed by atoms with van der Waals surface area (Å²) in [5.74, 6) is -0.227. The quantitative estimate of drug-likeness (QED) is 0.831. The summed E-state index contributed by atoms with van der Waals surface area (Å²) in [6.07, 6.45) is 3.54. The number of amides is 2. The lowest BCUT2D eigenvalue weighted by Crippen LogP contribution is -2.34. The van der Waals surface area contributed by atoms with E-state index in [1.54, 1.807) is 0 Å². The number of benzene rings is 1. The van der Waals surface area contributed by atoms with Crippen molar-refractivity contribution in [3.63, 3.8) is 0 Å². The molecule has 6 nitrogen and oxygen atoms in total. The lowest BCUT2D eigenvalue weighted by Gasteiger charge is -2.12. The van der Waals surface area contributed by atoms with Crippen LogP contribution in [-0.4, -0.2) is 29.5 Å². The van der Waals surface area contributed by atoms with Crippen LogP contribution >= 0.6 is 0 Å². The van der Waals surface area contributed by atoms with E-state index in [9.17, 15) is 14.4 Å². The van der Waals surface area contributed by atoms with Gasteiger partial charge >= 0.3 is 0 Å². The van der Waals surface area contributed by atoms with E-state index in [0.717, 1.165) is 18.4 Å². The molecule has 1 fully saturated rings. The summed E-state index contributed by atoms with van der Waals surface area (Å²) >= 11 is 0. The maximum absolute atomic E-state index is 12.7. The number of pyridine rings is 1. The SMILES string of the molecule is CCC1C[C@@H]1NC(=O)c1cc(C(=O)NC)c(=O)n(Cc2ccccc2)c1. The molecule has 1 heterocycles. The average Bonchev–Trinajstić information content (AvgIpc) is 3.41. The Morgan fingerprint density at radius 2 is 1.92 bits per heavy atom. The second kappa shape index (κ2) is 7.56. The summed E-state index contributed by atoms with van der Waals surface area (Å²) in [7, 11) is 1.46. The molecule has 2 amide bonds. The van der Waals surface area contributed by atoms with Crippen LogP contribution in [0.15, 0.2) is 47.4 Å². The van der Waals surface area contributed by atoms with E-state index in [-0.39, 0.29) is 17.5 Å². The van der Waals surface area contributed by atoms with Crippen molar-refractivity contribution < 1.29 is 9.59 Å². The Morgan fingerprint density at radius 1 is 1.19 bits per heavy atom. The Morgan fingerprint density at radius 3 is 2.54 bits per heavy atom. The molecule has 2 aromatic rings. The third-order valence-corrected chi connectivity index (χ3v) is 4.78. The van der Waals surface area contributed by atoms with Crippen LogP contribution in [0.4, 0.5) is 0 Å². The maximum atomic E-state index is 12.7. The third-order valence-electron chi connectivity index (χ3n) is 4.78. The molecule has 0 radical (unpaired) electrons. The first-order valence-electron chi connectivity index (χ1n) is 8.84. The Labute approximate surface area is 152 Å². The van der Waals surface area contributed by atoms with Crippen LogP contribution in [0, 0.1) is 5.92 Å². The van der Waals surface area contributed by atoms with Crippen molar-refractivity contribution in [1.82, 2.24) is 15.2 Å². The first kappa shape index (κ1) is 17.9. The molecule has 1 aromatic heterocycles. The highest BCUT2D eigenvalue weighted by atomic mass is 16.2. The van der Waals surface area contributed by atoms with Crippen molar-refractivity contribution in [2.24, 2.45) is 5.92 Å². The number of carbonyl (C=O) groups is 2. The van der Waals surface area contributed by atoms with Gasteiger partial charge in [0.05, 0.1) is 12.1 Å². The van der Waals surface area contributed by atoms with Gasteiger partial charge in [-0.1, -0.05) is 43.7 Å². The number of nitrogens with one attached hydrogen (secondary N) is 2. The van der Waals surface area contributed by atoms with E-state index in [1.165, 1.54) is 23.9 Å². The molecule has 26 heavy (non-hydrogen) atoms. The third kappa shape index (κ3) is 3.85. The van der Waals surface area contributed by atoms with Crippen LogP contribution < -0.4 is 16.2 Å². The van der Waals surface area contributed by atoms with Crippen LogP contribution in [0.2, 0.25) is 0 Å². The summed E-state index contributed by atoms with van der Waals surface area (Å²) in [5, 5.41) is 5.44. The second-order valence-electron chi connectivity index (χ2n) is 6.62. The second-order valence-corrected chi connectivity index (χ2v) is 6.62. The van der Waals surface area contributed by atoms with Crippen molar-refractivity contribution in [2.75, 3.05) is 7.05 Å². The minimum Gasteiger partial charge on any atom is -0.355 e. The monoisotopic (exact) mass is 353 g/mol. The number of rotatable bonds is 6. The Balaban J connectivity index is 1.93. The number of hydrogen-bond acceptors (Lipinski definition) is 3. The van der Waals surface area contributed by atoms with Crippen LogP contribution in [0.25, 0.3) is 0 Å². The van der Waals surface area contributed by atoms with Gasteiger partial charge in [-0.15, -0.1) is 0 Å². The molecule has 1 aliphatic rings. The molecule has 2 N–H and O–H groups in total. The Bertz CT molecular complexity index is 874. The minimum atomic E-state index is -0.496. The lowest BCUT2D eigenvalue weighted by atomic mass is 10.1. The van der Waals surface area contributed by atoms with Gasteiger partial charge < -0.3 is 15.2 Å². The van der Waals surface area contributed by atoms with E-state index in [2.05, 4.69) is 17.6 Å². The molecular formula is C20H23N3O3. The summed E-state index contributed by atoms with van der Waals surface area (Å²) in [4.78, 5) is 37.3. The van der Waals surface area contributed by atoms with Gasteiger partial charge in [0.15, 0.2) is 0 Å². The van der Waals surface area contributed by atoms with E-state index < -0.39 is 11.5 Å². The fourth-order valence-electron chi connectivity index (χ4n) is 3.08. The molecule has 1 aromatic carbocycles. The predicted octanol–water partition coefficient (Wildman–Crippen LogP) is 1.78. The van der Waals surface area contributed by atoms with Crippen molar-refractivity contribution >= 4 is 11.8 Å². The summed E-state index contributed by atoms with van der Waals surface area (Å²) < 4.78 is 1.42. The van der Waals surface area contributed by atoms with Crippen molar-refractivity contribution in [1.29, 1.82) is 0 Å². The lowest BCUT2D eigenvalue weighted by molar-refractivity contribution is 0.0948.